The minimum Gasteiger partial charge on any atom is -0.481 e. The maximum atomic E-state index is 10.1. The standard InChI is InChI=1S/C5H8O3.C5H10O2/c1-4(6)2-3-5(7)8;1-4(2)3-5(6)7/h2-3H2,1H3,(H,7,8);4H,3H2,1-2H3,(H,6,7). The number of ketones is 1. The molecule has 15 heavy (non-hydrogen) atoms. The summed E-state index contributed by atoms with van der Waals surface area (Å²) in [5.41, 5.74) is 0. The van der Waals surface area contributed by atoms with Crippen molar-refractivity contribution >= 4 is 17.7 Å². The first-order valence-electron chi connectivity index (χ1n) is 4.68. The van der Waals surface area contributed by atoms with Crippen LogP contribution in [0.15, 0.2) is 0 Å². The molecule has 0 bridgehead atoms. The first-order chi connectivity index (χ1) is 6.75. The summed E-state index contributed by atoms with van der Waals surface area (Å²) >= 11 is 0. The van der Waals surface area contributed by atoms with Crippen molar-refractivity contribution in [2.24, 2.45) is 5.92 Å². The van der Waals surface area contributed by atoms with E-state index in [1.807, 2.05) is 13.8 Å². The average Bonchev–Trinajstić information content (AvgIpc) is 1.99. The van der Waals surface area contributed by atoms with Crippen LogP contribution < -0.4 is 0 Å². The van der Waals surface area contributed by atoms with Gasteiger partial charge in [0.25, 0.3) is 0 Å². The largest absolute Gasteiger partial charge is 0.481 e. The zero-order valence-electron chi connectivity index (χ0n) is 9.32. The van der Waals surface area contributed by atoms with E-state index < -0.39 is 11.9 Å². The smallest absolute Gasteiger partial charge is 0.303 e. The Balaban J connectivity index is 0. The fourth-order valence-corrected chi connectivity index (χ4v) is 0.632. The van der Waals surface area contributed by atoms with Gasteiger partial charge in [-0.05, 0) is 12.8 Å². The van der Waals surface area contributed by atoms with Gasteiger partial charge < -0.3 is 15.0 Å². The fourth-order valence-electron chi connectivity index (χ4n) is 0.632. The van der Waals surface area contributed by atoms with Crippen molar-refractivity contribution in [2.75, 3.05) is 0 Å². The molecule has 0 radical (unpaired) electrons. The Hall–Kier alpha value is -1.39. The predicted molar refractivity (Wildman–Crippen MR) is 54.6 cm³/mol. The zero-order chi connectivity index (χ0) is 12.4. The molecule has 0 heterocycles. The molecule has 0 amide bonds. The third-order valence-corrected chi connectivity index (χ3v) is 1.27. The van der Waals surface area contributed by atoms with Crippen molar-refractivity contribution in [3.63, 3.8) is 0 Å². The molecule has 2 N–H and O–H groups in total. The molecule has 0 saturated heterocycles. The number of hydrogen-bond donors (Lipinski definition) is 2. The summed E-state index contributed by atoms with van der Waals surface area (Å²) in [6, 6.07) is 0. The molecule has 0 aromatic carbocycles. The number of rotatable bonds is 5. The molecule has 0 spiro atoms. The van der Waals surface area contributed by atoms with E-state index in [1.165, 1.54) is 6.92 Å². The van der Waals surface area contributed by atoms with Gasteiger partial charge in [-0.2, -0.15) is 0 Å². The third-order valence-electron chi connectivity index (χ3n) is 1.27. The highest BCUT2D eigenvalue weighted by molar-refractivity contribution is 5.80. The number of carboxylic acid groups (broad SMARTS) is 2. The van der Waals surface area contributed by atoms with Gasteiger partial charge in [0, 0.05) is 12.8 Å². The monoisotopic (exact) mass is 218 g/mol. The molecular formula is C10H18O5. The highest BCUT2D eigenvalue weighted by Gasteiger charge is 1.98. The van der Waals surface area contributed by atoms with Crippen molar-refractivity contribution in [1.82, 2.24) is 0 Å². The second kappa shape index (κ2) is 9.18. The number of aliphatic carboxylic acids is 2. The summed E-state index contributed by atoms with van der Waals surface area (Å²) in [6.45, 7) is 5.14. The maximum absolute atomic E-state index is 10.1. The summed E-state index contributed by atoms with van der Waals surface area (Å²) < 4.78 is 0. The van der Waals surface area contributed by atoms with Crippen LogP contribution in [0.25, 0.3) is 0 Å². The van der Waals surface area contributed by atoms with Crippen molar-refractivity contribution in [3.05, 3.63) is 0 Å². The number of Topliss-reactive ketones (excluding diaryl/α,β-unsaturated/α-hetero) is 1. The normalized spacial score (nSPS) is 9.07. The number of carbonyl (C=O) groups excluding carboxylic acids is 1. The van der Waals surface area contributed by atoms with E-state index in [0.29, 0.717) is 0 Å². The lowest BCUT2D eigenvalue weighted by molar-refractivity contribution is -0.138. The molecule has 0 aliphatic rings. The van der Waals surface area contributed by atoms with Crippen LogP contribution in [0, 0.1) is 5.92 Å². The second-order valence-electron chi connectivity index (χ2n) is 3.59. The molecule has 0 fully saturated rings. The summed E-state index contributed by atoms with van der Waals surface area (Å²) in [4.78, 5) is 29.6. The Morgan fingerprint density at radius 3 is 1.53 bits per heavy atom. The Bertz CT molecular complexity index is 206. The van der Waals surface area contributed by atoms with Gasteiger partial charge in [-0.25, -0.2) is 0 Å². The molecule has 0 aliphatic heterocycles. The van der Waals surface area contributed by atoms with Crippen molar-refractivity contribution in [3.8, 4) is 0 Å². The van der Waals surface area contributed by atoms with Gasteiger partial charge in [0.15, 0.2) is 0 Å². The van der Waals surface area contributed by atoms with Gasteiger partial charge >= 0.3 is 11.9 Å². The van der Waals surface area contributed by atoms with Gasteiger partial charge in [0.2, 0.25) is 0 Å². The molecular weight excluding hydrogens is 200 g/mol. The summed E-state index contributed by atoms with van der Waals surface area (Å²) in [5, 5.41) is 16.1. The summed E-state index contributed by atoms with van der Waals surface area (Å²) in [7, 11) is 0. The lowest BCUT2D eigenvalue weighted by Gasteiger charge is -1.94. The van der Waals surface area contributed by atoms with Crippen molar-refractivity contribution in [1.29, 1.82) is 0 Å². The van der Waals surface area contributed by atoms with E-state index in [0.717, 1.165) is 0 Å². The number of carboxylic acids is 2. The maximum Gasteiger partial charge on any atom is 0.303 e. The Morgan fingerprint density at radius 1 is 1.00 bits per heavy atom. The van der Waals surface area contributed by atoms with Crippen LogP contribution in [0.2, 0.25) is 0 Å². The molecule has 5 nitrogen and oxygen atoms in total. The first kappa shape index (κ1) is 16.1. The van der Waals surface area contributed by atoms with Gasteiger partial charge in [0.05, 0.1) is 6.42 Å². The Labute approximate surface area is 89.1 Å². The molecule has 0 rings (SSSR count). The van der Waals surface area contributed by atoms with E-state index in [9.17, 15) is 14.4 Å². The van der Waals surface area contributed by atoms with Crippen LogP contribution >= 0.6 is 0 Å². The topological polar surface area (TPSA) is 91.7 Å². The Morgan fingerprint density at radius 2 is 1.47 bits per heavy atom. The van der Waals surface area contributed by atoms with Crippen molar-refractivity contribution in [2.45, 2.75) is 40.0 Å². The van der Waals surface area contributed by atoms with E-state index in [4.69, 9.17) is 10.2 Å². The molecule has 0 aromatic heterocycles. The average molecular weight is 218 g/mol. The molecule has 88 valence electrons. The van der Waals surface area contributed by atoms with E-state index >= 15 is 0 Å². The zero-order valence-corrected chi connectivity index (χ0v) is 9.32. The number of carbonyl (C=O) groups is 3. The van der Waals surface area contributed by atoms with E-state index in [2.05, 4.69) is 0 Å². The van der Waals surface area contributed by atoms with Gasteiger partial charge in [-0.15, -0.1) is 0 Å². The second-order valence-corrected chi connectivity index (χ2v) is 3.59. The van der Waals surface area contributed by atoms with E-state index in [-0.39, 0.29) is 31.0 Å². The highest BCUT2D eigenvalue weighted by Crippen LogP contribution is 1.96. The van der Waals surface area contributed by atoms with E-state index in [1.54, 1.807) is 0 Å². The summed E-state index contributed by atoms with van der Waals surface area (Å²) in [6.07, 6.45) is 0.380. The summed E-state index contributed by atoms with van der Waals surface area (Å²) in [5.74, 6) is -1.43. The minimum absolute atomic E-state index is 0.0463. The van der Waals surface area contributed by atoms with Gasteiger partial charge in [-0.3, -0.25) is 9.59 Å². The van der Waals surface area contributed by atoms with Crippen LogP contribution in [-0.2, 0) is 14.4 Å². The lowest BCUT2D eigenvalue weighted by Crippen LogP contribution is -1.99. The van der Waals surface area contributed by atoms with Gasteiger partial charge in [-0.1, -0.05) is 13.8 Å². The van der Waals surface area contributed by atoms with Crippen LogP contribution in [0.4, 0.5) is 0 Å². The SMILES string of the molecule is CC(=O)CCC(=O)O.CC(C)CC(=O)O. The third kappa shape index (κ3) is 24.5. The van der Waals surface area contributed by atoms with Crippen LogP contribution in [-0.4, -0.2) is 27.9 Å². The Kier molecular flexibility index (Phi) is 9.82. The predicted octanol–water partition coefficient (Wildman–Crippen LogP) is 1.56. The van der Waals surface area contributed by atoms with Gasteiger partial charge in [0.1, 0.15) is 5.78 Å². The minimum atomic E-state index is -0.916. The molecule has 0 atom stereocenters. The molecule has 0 aromatic rings. The fraction of sp³-hybridized carbons (Fsp3) is 0.700. The molecule has 5 heteroatoms. The molecule has 0 aliphatic carbocycles. The highest BCUT2D eigenvalue weighted by atomic mass is 16.4. The van der Waals surface area contributed by atoms with Crippen LogP contribution in [0.5, 0.6) is 0 Å². The van der Waals surface area contributed by atoms with Crippen LogP contribution in [0.3, 0.4) is 0 Å². The molecule has 0 unspecified atom stereocenters. The quantitative estimate of drug-likeness (QED) is 0.730. The number of hydrogen-bond acceptors (Lipinski definition) is 3. The lowest BCUT2D eigenvalue weighted by atomic mass is 10.1. The first-order valence-corrected chi connectivity index (χ1v) is 4.68. The van der Waals surface area contributed by atoms with Crippen molar-refractivity contribution < 1.29 is 24.6 Å². The molecule has 0 saturated carbocycles. The van der Waals surface area contributed by atoms with Crippen LogP contribution in [0.1, 0.15) is 40.0 Å².